The van der Waals surface area contributed by atoms with E-state index >= 15 is 0 Å². The maximum atomic E-state index is 12.4. The van der Waals surface area contributed by atoms with Gasteiger partial charge in [0.25, 0.3) is 0 Å². The molecule has 0 saturated heterocycles. The molecule has 0 aromatic heterocycles. The van der Waals surface area contributed by atoms with Crippen LogP contribution in [-0.4, -0.2) is 40.3 Å². The molecule has 2 aromatic carbocycles. The lowest BCUT2D eigenvalue weighted by molar-refractivity contribution is -0.120. The first kappa shape index (κ1) is 22.0. The van der Waals surface area contributed by atoms with E-state index < -0.39 is 10.0 Å². The molecule has 1 amide bonds. The third-order valence-corrected chi connectivity index (χ3v) is 5.66. The SMILES string of the molecule is COc1ccc(N(CC(=O)NC(C)CCc2ccccc2)S(C)(=O)=O)cc1Cl. The number of aryl methyl sites for hydroxylation is 1. The molecule has 2 aromatic rings. The number of amides is 1. The predicted molar refractivity (Wildman–Crippen MR) is 113 cm³/mol. The Balaban J connectivity index is 2.02. The first-order valence-electron chi connectivity index (χ1n) is 8.85. The molecule has 1 atom stereocenters. The molecule has 152 valence electrons. The van der Waals surface area contributed by atoms with Crippen molar-refractivity contribution in [1.82, 2.24) is 5.32 Å². The molecule has 0 saturated carbocycles. The molecule has 0 radical (unpaired) electrons. The second kappa shape index (κ2) is 9.80. The van der Waals surface area contributed by atoms with Gasteiger partial charge >= 0.3 is 0 Å². The van der Waals surface area contributed by atoms with Crippen LogP contribution in [0.5, 0.6) is 5.75 Å². The smallest absolute Gasteiger partial charge is 0.240 e. The number of nitrogens with zero attached hydrogens (tertiary/aromatic N) is 1. The van der Waals surface area contributed by atoms with Crippen LogP contribution >= 0.6 is 11.6 Å². The topological polar surface area (TPSA) is 75.7 Å². The Morgan fingerprint density at radius 1 is 1.21 bits per heavy atom. The van der Waals surface area contributed by atoms with Gasteiger partial charge in [-0.3, -0.25) is 9.10 Å². The van der Waals surface area contributed by atoms with Gasteiger partial charge in [0, 0.05) is 6.04 Å². The highest BCUT2D eigenvalue weighted by molar-refractivity contribution is 7.92. The molecular formula is C20H25ClN2O4S. The number of methoxy groups -OCH3 is 1. The van der Waals surface area contributed by atoms with Crippen LogP contribution in [0.15, 0.2) is 48.5 Å². The maximum absolute atomic E-state index is 12.4. The van der Waals surface area contributed by atoms with Crippen LogP contribution in [0.25, 0.3) is 0 Å². The predicted octanol–water partition coefficient (Wildman–Crippen LogP) is 3.25. The van der Waals surface area contributed by atoms with Gasteiger partial charge in [0.15, 0.2) is 0 Å². The van der Waals surface area contributed by atoms with Crippen molar-refractivity contribution < 1.29 is 17.9 Å². The summed E-state index contributed by atoms with van der Waals surface area (Å²) in [5, 5.41) is 3.13. The van der Waals surface area contributed by atoms with Crippen LogP contribution in [-0.2, 0) is 21.2 Å². The van der Waals surface area contributed by atoms with Gasteiger partial charge in [-0.2, -0.15) is 0 Å². The summed E-state index contributed by atoms with van der Waals surface area (Å²) in [7, 11) is -2.20. The number of ether oxygens (including phenoxy) is 1. The molecule has 0 heterocycles. The van der Waals surface area contributed by atoms with E-state index in [4.69, 9.17) is 16.3 Å². The minimum Gasteiger partial charge on any atom is -0.495 e. The number of sulfonamides is 1. The number of rotatable bonds is 9. The quantitative estimate of drug-likeness (QED) is 0.670. The van der Waals surface area contributed by atoms with Crippen molar-refractivity contribution in [3.63, 3.8) is 0 Å². The molecule has 6 nitrogen and oxygen atoms in total. The Kier molecular flexibility index (Phi) is 7.71. The second-order valence-electron chi connectivity index (χ2n) is 6.58. The molecule has 0 aliphatic heterocycles. The molecule has 1 unspecified atom stereocenters. The van der Waals surface area contributed by atoms with E-state index in [0.717, 1.165) is 23.4 Å². The highest BCUT2D eigenvalue weighted by Gasteiger charge is 2.22. The maximum Gasteiger partial charge on any atom is 0.240 e. The van der Waals surface area contributed by atoms with Gasteiger partial charge in [-0.05, 0) is 43.5 Å². The zero-order valence-electron chi connectivity index (χ0n) is 16.2. The summed E-state index contributed by atoms with van der Waals surface area (Å²) < 4.78 is 30.5. The van der Waals surface area contributed by atoms with E-state index in [0.29, 0.717) is 11.4 Å². The molecule has 1 N–H and O–H groups in total. The van der Waals surface area contributed by atoms with Gasteiger partial charge in [-0.1, -0.05) is 41.9 Å². The lowest BCUT2D eigenvalue weighted by Gasteiger charge is -2.23. The molecule has 0 aliphatic carbocycles. The summed E-state index contributed by atoms with van der Waals surface area (Å²) in [5.41, 5.74) is 1.50. The molecule has 0 bridgehead atoms. The largest absolute Gasteiger partial charge is 0.495 e. The van der Waals surface area contributed by atoms with Crippen molar-refractivity contribution in [3.8, 4) is 5.75 Å². The van der Waals surface area contributed by atoms with Crippen LogP contribution in [0.2, 0.25) is 5.02 Å². The number of hydrogen-bond acceptors (Lipinski definition) is 4. The molecular weight excluding hydrogens is 400 g/mol. The Labute approximate surface area is 171 Å². The van der Waals surface area contributed by atoms with Crippen molar-refractivity contribution in [2.24, 2.45) is 0 Å². The minimum absolute atomic E-state index is 0.0893. The fraction of sp³-hybridized carbons (Fsp3) is 0.350. The Morgan fingerprint density at radius 3 is 2.46 bits per heavy atom. The summed E-state index contributed by atoms with van der Waals surface area (Å²) in [6.07, 6.45) is 2.63. The van der Waals surface area contributed by atoms with Crippen molar-refractivity contribution in [2.75, 3.05) is 24.2 Å². The van der Waals surface area contributed by atoms with Gasteiger partial charge in [-0.25, -0.2) is 8.42 Å². The third-order valence-electron chi connectivity index (χ3n) is 4.23. The van der Waals surface area contributed by atoms with E-state index in [1.165, 1.54) is 18.7 Å². The molecule has 2 rings (SSSR count). The zero-order valence-corrected chi connectivity index (χ0v) is 17.8. The average Bonchev–Trinajstić information content (AvgIpc) is 2.64. The summed E-state index contributed by atoms with van der Waals surface area (Å²) >= 11 is 6.10. The first-order chi connectivity index (χ1) is 13.2. The number of carbonyl (C=O) groups is 1. The molecule has 0 fully saturated rings. The number of carbonyl (C=O) groups excluding carboxylic acids is 1. The summed E-state index contributed by atoms with van der Waals surface area (Å²) in [6.45, 7) is 1.58. The van der Waals surface area contributed by atoms with Crippen molar-refractivity contribution in [3.05, 3.63) is 59.1 Å². The van der Waals surface area contributed by atoms with Gasteiger partial charge in [0.2, 0.25) is 15.9 Å². The lowest BCUT2D eigenvalue weighted by atomic mass is 10.1. The summed E-state index contributed by atoms with van der Waals surface area (Å²) in [4.78, 5) is 12.4. The number of hydrogen-bond donors (Lipinski definition) is 1. The number of benzene rings is 2. The van der Waals surface area contributed by atoms with Crippen molar-refractivity contribution >= 4 is 33.2 Å². The van der Waals surface area contributed by atoms with Gasteiger partial charge in [-0.15, -0.1) is 0 Å². The third kappa shape index (κ3) is 6.42. The Bertz CT molecular complexity index is 904. The molecule has 0 aliphatic rings. The second-order valence-corrected chi connectivity index (χ2v) is 8.90. The first-order valence-corrected chi connectivity index (χ1v) is 11.1. The van der Waals surface area contributed by atoms with Crippen LogP contribution in [0.1, 0.15) is 18.9 Å². The van der Waals surface area contributed by atoms with Gasteiger partial charge in [0.1, 0.15) is 12.3 Å². The average molecular weight is 425 g/mol. The van der Waals surface area contributed by atoms with E-state index in [-0.39, 0.29) is 23.5 Å². The monoisotopic (exact) mass is 424 g/mol. The van der Waals surface area contributed by atoms with Crippen LogP contribution in [0, 0.1) is 0 Å². The minimum atomic E-state index is -3.67. The summed E-state index contributed by atoms with van der Waals surface area (Å²) in [5.74, 6) is 0.0516. The molecule has 0 spiro atoms. The zero-order chi connectivity index (χ0) is 20.7. The Hall–Kier alpha value is -2.25. The number of anilines is 1. The number of halogens is 1. The van der Waals surface area contributed by atoms with E-state index in [2.05, 4.69) is 5.32 Å². The summed E-state index contributed by atoms with van der Waals surface area (Å²) in [6, 6.07) is 14.5. The van der Waals surface area contributed by atoms with Crippen LogP contribution < -0.4 is 14.4 Å². The fourth-order valence-electron chi connectivity index (χ4n) is 2.76. The molecule has 28 heavy (non-hydrogen) atoms. The fourth-order valence-corrected chi connectivity index (χ4v) is 3.86. The standard InChI is InChI=1S/C20H25ClN2O4S/c1-15(9-10-16-7-5-4-6-8-16)22-20(24)14-23(28(3,25)26)17-11-12-19(27-2)18(21)13-17/h4-8,11-13,15H,9-10,14H2,1-3H3,(H,22,24). The van der Waals surface area contributed by atoms with Crippen molar-refractivity contribution in [1.29, 1.82) is 0 Å². The Morgan fingerprint density at radius 2 is 1.89 bits per heavy atom. The van der Waals surface area contributed by atoms with Crippen LogP contribution in [0.3, 0.4) is 0 Å². The van der Waals surface area contributed by atoms with Gasteiger partial charge < -0.3 is 10.1 Å². The van der Waals surface area contributed by atoms with Crippen molar-refractivity contribution in [2.45, 2.75) is 25.8 Å². The van der Waals surface area contributed by atoms with Crippen LogP contribution in [0.4, 0.5) is 5.69 Å². The van der Waals surface area contributed by atoms with E-state index in [1.807, 2.05) is 37.3 Å². The van der Waals surface area contributed by atoms with Gasteiger partial charge in [0.05, 0.1) is 24.1 Å². The normalized spacial score (nSPS) is 12.3. The lowest BCUT2D eigenvalue weighted by Crippen LogP contribution is -2.43. The highest BCUT2D eigenvalue weighted by Crippen LogP contribution is 2.30. The highest BCUT2D eigenvalue weighted by atomic mass is 35.5. The van der Waals surface area contributed by atoms with E-state index in [9.17, 15) is 13.2 Å². The van der Waals surface area contributed by atoms with E-state index in [1.54, 1.807) is 12.1 Å². The molecule has 8 heteroatoms. The number of nitrogens with one attached hydrogen (secondary N) is 1.